The largest absolute Gasteiger partial charge is 0.365 e. The van der Waals surface area contributed by atoms with E-state index in [0.717, 1.165) is 11.0 Å². The fraction of sp³-hybridized carbons (Fsp3) is 0.421. The van der Waals surface area contributed by atoms with Crippen molar-refractivity contribution in [1.29, 1.82) is 0 Å². The third kappa shape index (κ3) is 3.20. The number of fused-ring (bicyclic) bond motifs is 1. The van der Waals surface area contributed by atoms with E-state index >= 15 is 0 Å². The standard InChI is InChI=1S/C19H18ClFN4O5/c20-9-14(27)23-5-7-24(8-6-23)16-11(21)2-1-10-15(16)19(30)25(18(10)29)12-3-4-13(26)22-17(12)28/h1-2,12H,3-9H2,(H,22,26,28). The molecule has 2 saturated heterocycles. The number of nitrogens with one attached hydrogen (secondary N) is 1. The normalized spacial score (nSPS) is 21.8. The van der Waals surface area contributed by atoms with Crippen LogP contribution in [-0.4, -0.2) is 77.4 Å². The average molecular weight is 437 g/mol. The zero-order valence-electron chi connectivity index (χ0n) is 15.8. The number of imide groups is 2. The lowest BCUT2D eigenvalue weighted by Crippen LogP contribution is -2.54. The van der Waals surface area contributed by atoms with Crippen LogP contribution in [0.4, 0.5) is 10.1 Å². The number of amides is 5. The molecule has 0 saturated carbocycles. The van der Waals surface area contributed by atoms with Crippen LogP contribution in [0.25, 0.3) is 0 Å². The molecule has 0 spiro atoms. The van der Waals surface area contributed by atoms with Crippen LogP contribution in [0.2, 0.25) is 0 Å². The molecule has 5 amide bonds. The van der Waals surface area contributed by atoms with Gasteiger partial charge in [-0.3, -0.25) is 34.2 Å². The highest BCUT2D eigenvalue weighted by Crippen LogP contribution is 2.36. The summed E-state index contributed by atoms with van der Waals surface area (Å²) in [5, 5.41) is 2.13. The minimum Gasteiger partial charge on any atom is -0.365 e. The molecule has 4 rings (SSSR count). The highest BCUT2D eigenvalue weighted by molar-refractivity contribution is 6.27. The SMILES string of the molecule is O=C1CCC(N2C(=O)c3ccc(F)c(N4CCN(C(=O)CCl)CC4)c3C2=O)C(=O)N1. The maximum absolute atomic E-state index is 14.8. The number of carbonyl (C=O) groups is 5. The summed E-state index contributed by atoms with van der Waals surface area (Å²) in [7, 11) is 0. The smallest absolute Gasteiger partial charge is 0.264 e. The minimum absolute atomic E-state index is 0.00158. The Morgan fingerprint density at radius 2 is 1.80 bits per heavy atom. The number of rotatable bonds is 3. The van der Waals surface area contributed by atoms with Crippen molar-refractivity contribution in [1.82, 2.24) is 15.1 Å². The summed E-state index contributed by atoms with van der Waals surface area (Å²) < 4.78 is 14.8. The first-order chi connectivity index (χ1) is 14.3. The number of nitrogens with zero attached hydrogens (tertiary/aromatic N) is 3. The number of hydrogen-bond donors (Lipinski definition) is 1. The van der Waals surface area contributed by atoms with Crippen molar-refractivity contribution < 1.29 is 28.4 Å². The molecule has 3 aliphatic heterocycles. The van der Waals surface area contributed by atoms with Gasteiger partial charge in [-0.25, -0.2) is 4.39 Å². The zero-order chi connectivity index (χ0) is 21.6. The molecule has 1 aromatic rings. The molecule has 9 nitrogen and oxygen atoms in total. The van der Waals surface area contributed by atoms with Gasteiger partial charge in [0.25, 0.3) is 11.8 Å². The highest BCUT2D eigenvalue weighted by Gasteiger charge is 2.47. The summed E-state index contributed by atoms with van der Waals surface area (Å²) in [6, 6.07) is 1.22. The van der Waals surface area contributed by atoms with E-state index in [1.807, 2.05) is 0 Å². The lowest BCUT2D eigenvalue weighted by atomic mass is 10.0. The van der Waals surface area contributed by atoms with Gasteiger partial charge in [0.1, 0.15) is 17.7 Å². The summed E-state index contributed by atoms with van der Waals surface area (Å²) in [6.45, 7) is 1.12. The monoisotopic (exact) mass is 436 g/mol. The van der Waals surface area contributed by atoms with Crippen LogP contribution >= 0.6 is 11.6 Å². The molecule has 0 aromatic heterocycles. The topological polar surface area (TPSA) is 107 Å². The van der Waals surface area contributed by atoms with Gasteiger partial charge in [-0.1, -0.05) is 0 Å². The van der Waals surface area contributed by atoms with Gasteiger partial charge in [0.2, 0.25) is 17.7 Å². The van der Waals surface area contributed by atoms with Crippen LogP contribution in [0.1, 0.15) is 33.6 Å². The molecule has 3 aliphatic rings. The van der Waals surface area contributed by atoms with Crippen molar-refractivity contribution in [3.05, 3.63) is 29.1 Å². The molecular formula is C19H18ClFN4O5. The third-order valence-corrected chi connectivity index (χ3v) is 5.82. The van der Waals surface area contributed by atoms with Crippen LogP contribution in [0.3, 0.4) is 0 Å². The van der Waals surface area contributed by atoms with Crippen molar-refractivity contribution in [3.8, 4) is 0 Å². The number of piperazine rings is 1. The maximum Gasteiger partial charge on any atom is 0.264 e. The number of hydrogen-bond acceptors (Lipinski definition) is 6. The van der Waals surface area contributed by atoms with E-state index in [4.69, 9.17) is 11.6 Å². The van der Waals surface area contributed by atoms with Crippen LogP contribution in [0.15, 0.2) is 12.1 Å². The Hall–Kier alpha value is -3.01. The average Bonchev–Trinajstić information content (AvgIpc) is 2.98. The summed E-state index contributed by atoms with van der Waals surface area (Å²) in [5.41, 5.74) is -0.0965. The van der Waals surface area contributed by atoms with E-state index in [1.165, 1.54) is 6.07 Å². The number of benzene rings is 1. The van der Waals surface area contributed by atoms with E-state index in [0.29, 0.717) is 13.1 Å². The molecule has 3 heterocycles. The fourth-order valence-corrected chi connectivity index (χ4v) is 4.26. The van der Waals surface area contributed by atoms with Crippen LogP contribution in [-0.2, 0) is 14.4 Å². The molecule has 0 radical (unpaired) electrons. The molecule has 11 heteroatoms. The van der Waals surface area contributed by atoms with Gasteiger partial charge in [-0.05, 0) is 18.6 Å². The molecular weight excluding hydrogens is 419 g/mol. The molecule has 158 valence electrons. The quantitative estimate of drug-likeness (QED) is 0.532. The van der Waals surface area contributed by atoms with Crippen LogP contribution in [0.5, 0.6) is 0 Å². The molecule has 1 N–H and O–H groups in total. The Kier molecular flexibility index (Phi) is 5.19. The number of halogens is 2. The van der Waals surface area contributed by atoms with Gasteiger partial charge < -0.3 is 9.80 Å². The van der Waals surface area contributed by atoms with Crippen molar-refractivity contribution in [2.75, 3.05) is 37.0 Å². The predicted molar refractivity (Wildman–Crippen MR) is 103 cm³/mol. The predicted octanol–water partition coefficient (Wildman–Crippen LogP) is 0.114. The Morgan fingerprint density at radius 1 is 1.10 bits per heavy atom. The van der Waals surface area contributed by atoms with E-state index in [-0.39, 0.29) is 54.5 Å². The zero-order valence-corrected chi connectivity index (χ0v) is 16.6. The van der Waals surface area contributed by atoms with Gasteiger partial charge in [0.05, 0.1) is 16.8 Å². The van der Waals surface area contributed by atoms with Gasteiger partial charge in [0, 0.05) is 32.6 Å². The number of alkyl halides is 1. The Morgan fingerprint density at radius 3 is 2.43 bits per heavy atom. The molecule has 1 unspecified atom stereocenters. The molecule has 1 atom stereocenters. The van der Waals surface area contributed by atoms with Gasteiger partial charge >= 0.3 is 0 Å². The highest BCUT2D eigenvalue weighted by atomic mass is 35.5. The van der Waals surface area contributed by atoms with Crippen molar-refractivity contribution in [2.24, 2.45) is 0 Å². The summed E-state index contributed by atoms with van der Waals surface area (Å²) >= 11 is 5.58. The molecule has 30 heavy (non-hydrogen) atoms. The Bertz CT molecular complexity index is 976. The molecule has 0 bridgehead atoms. The summed E-state index contributed by atoms with van der Waals surface area (Å²) in [6.07, 6.45) is 0.0226. The van der Waals surface area contributed by atoms with Crippen molar-refractivity contribution in [2.45, 2.75) is 18.9 Å². The first kappa shape index (κ1) is 20.3. The van der Waals surface area contributed by atoms with E-state index in [9.17, 15) is 28.4 Å². The second kappa shape index (κ2) is 7.67. The lowest BCUT2D eigenvalue weighted by molar-refractivity contribution is -0.136. The summed E-state index contributed by atoms with van der Waals surface area (Å²) in [5.74, 6) is -3.70. The molecule has 2 fully saturated rings. The van der Waals surface area contributed by atoms with Gasteiger partial charge in [-0.15, -0.1) is 11.6 Å². The first-order valence-corrected chi connectivity index (χ1v) is 9.99. The van der Waals surface area contributed by atoms with Gasteiger partial charge in [-0.2, -0.15) is 0 Å². The molecule has 0 aliphatic carbocycles. The Balaban J connectivity index is 1.65. The number of carbonyl (C=O) groups excluding carboxylic acids is 5. The number of piperidine rings is 1. The fourth-order valence-electron chi connectivity index (χ4n) is 4.09. The van der Waals surface area contributed by atoms with Crippen molar-refractivity contribution in [3.63, 3.8) is 0 Å². The molecule has 1 aromatic carbocycles. The summed E-state index contributed by atoms with van der Waals surface area (Å²) in [4.78, 5) is 65.4. The second-order valence-electron chi connectivity index (χ2n) is 7.27. The second-order valence-corrected chi connectivity index (χ2v) is 7.53. The van der Waals surface area contributed by atoms with Crippen LogP contribution in [0, 0.1) is 5.82 Å². The maximum atomic E-state index is 14.8. The first-order valence-electron chi connectivity index (χ1n) is 9.46. The lowest BCUT2D eigenvalue weighted by Gasteiger charge is -2.36. The Labute approximate surface area is 175 Å². The minimum atomic E-state index is -1.12. The van der Waals surface area contributed by atoms with Crippen LogP contribution < -0.4 is 10.2 Å². The van der Waals surface area contributed by atoms with E-state index < -0.39 is 35.5 Å². The van der Waals surface area contributed by atoms with E-state index in [2.05, 4.69) is 5.32 Å². The third-order valence-electron chi connectivity index (χ3n) is 5.60. The number of anilines is 1. The van der Waals surface area contributed by atoms with Crippen molar-refractivity contribution >= 4 is 46.8 Å². The van der Waals surface area contributed by atoms with E-state index in [1.54, 1.807) is 9.80 Å². The van der Waals surface area contributed by atoms with Gasteiger partial charge in [0.15, 0.2) is 0 Å².